The zero-order chi connectivity index (χ0) is 16.4. The van der Waals surface area contributed by atoms with Crippen molar-refractivity contribution in [1.29, 1.82) is 0 Å². The SMILES string of the molecule is C[Si](C)(C)C#Cc1nnc(-c2ccccc2OC(F)(F)F)o1. The maximum absolute atomic E-state index is 12.4. The first kappa shape index (κ1) is 16.1. The van der Waals surface area contributed by atoms with Crippen LogP contribution in [0.15, 0.2) is 28.7 Å². The van der Waals surface area contributed by atoms with E-state index in [-0.39, 0.29) is 17.3 Å². The summed E-state index contributed by atoms with van der Waals surface area (Å²) < 4.78 is 46.4. The maximum Gasteiger partial charge on any atom is 0.573 e. The van der Waals surface area contributed by atoms with Crippen LogP contribution in [0.4, 0.5) is 13.2 Å². The molecule has 0 atom stereocenters. The monoisotopic (exact) mass is 326 g/mol. The first-order valence-electron chi connectivity index (χ1n) is 6.36. The fourth-order valence-electron chi connectivity index (χ4n) is 1.48. The number of ether oxygens (including phenoxy) is 1. The number of aromatic nitrogens is 2. The lowest BCUT2D eigenvalue weighted by Gasteiger charge is -2.10. The van der Waals surface area contributed by atoms with E-state index in [9.17, 15) is 13.2 Å². The molecule has 1 heterocycles. The van der Waals surface area contributed by atoms with Crippen LogP contribution in [0.3, 0.4) is 0 Å². The van der Waals surface area contributed by atoms with E-state index in [1.807, 2.05) is 19.6 Å². The summed E-state index contributed by atoms with van der Waals surface area (Å²) in [4.78, 5) is 0. The number of rotatable bonds is 2. The lowest BCUT2D eigenvalue weighted by atomic mass is 10.2. The molecule has 0 aliphatic heterocycles. The number of benzene rings is 1. The molecule has 0 fully saturated rings. The van der Waals surface area contributed by atoms with Crippen molar-refractivity contribution in [3.63, 3.8) is 0 Å². The molecule has 0 radical (unpaired) electrons. The summed E-state index contributed by atoms with van der Waals surface area (Å²) in [6, 6.07) is 5.56. The van der Waals surface area contributed by atoms with Crippen molar-refractivity contribution >= 4 is 8.07 Å². The molecule has 0 aliphatic rings. The molecule has 4 nitrogen and oxygen atoms in total. The maximum atomic E-state index is 12.4. The summed E-state index contributed by atoms with van der Waals surface area (Å²) in [6.07, 6.45) is -4.80. The average molecular weight is 326 g/mol. The van der Waals surface area contributed by atoms with Crippen molar-refractivity contribution in [3.05, 3.63) is 30.2 Å². The second-order valence-corrected chi connectivity index (χ2v) is 10.2. The van der Waals surface area contributed by atoms with E-state index in [0.29, 0.717) is 0 Å². The van der Waals surface area contributed by atoms with Gasteiger partial charge in [-0.25, -0.2) is 0 Å². The van der Waals surface area contributed by atoms with Gasteiger partial charge in [0, 0.05) is 0 Å². The Hall–Kier alpha value is -2.27. The summed E-state index contributed by atoms with van der Waals surface area (Å²) in [6.45, 7) is 6.14. The predicted octanol–water partition coefficient (Wildman–Crippen LogP) is 3.86. The highest BCUT2D eigenvalue weighted by atomic mass is 28.3. The molecule has 116 valence electrons. The van der Waals surface area contributed by atoms with Crippen LogP contribution in [0.1, 0.15) is 5.89 Å². The minimum Gasteiger partial charge on any atom is -0.410 e. The smallest absolute Gasteiger partial charge is 0.410 e. The second kappa shape index (κ2) is 5.85. The Morgan fingerprint density at radius 3 is 2.45 bits per heavy atom. The van der Waals surface area contributed by atoms with Crippen LogP contribution in [0, 0.1) is 11.5 Å². The molecular formula is C14H13F3N2O2Si. The van der Waals surface area contributed by atoms with Crippen LogP contribution in [0.25, 0.3) is 11.5 Å². The van der Waals surface area contributed by atoms with Crippen molar-refractivity contribution in [2.45, 2.75) is 26.0 Å². The first-order valence-corrected chi connectivity index (χ1v) is 9.86. The van der Waals surface area contributed by atoms with Crippen molar-refractivity contribution in [2.24, 2.45) is 0 Å². The third-order valence-electron chi connectivity index (χ3n) is 2.31. The van der Waals surface area contributed by atoms with Gasteiger partial charge in [-0.05, 0) is 18.1 Å². The van der Waals surface area contributed by atoms with Crippen LogP contribution in [-0.4, -0.2) is 24.6 Å². The van der Waals surface area contributed by atoms with E-state index in [2.05, 4.69) is 26.4 Å². The number of hydrogen-bond donors (Lipinski definition) is 0. The fourth-order valence-corrected chi connectivity index (χ4v) is 1.96. The van der Waals surface area contributed by atoms with Gasteiger partial charge in [-0.2, -0.15) is 0 Å². The standard InChI is InChI=1S/C14H13F3N2O2Si/c1-22(2,3)9-8-12-18-19-13(20-12)10-6-4-5-7-11(10)21-14(15,16)17/h4-7H,1-3H3. The zero-order valence-electron chi connectivity index (χ0n) is 12.2. The summed E-state index contributed by atoms with van der Waals surface area (Å²) >= 11 is 0. The van der Waals surface area contributed by atoms with Crippen molar-refractivity contribution in [2.75, 3.05) is 0 Å². The van der Waals surface area contributed by atoms with Gasteiger partial charge in [0.2, 0.25) is 0 Å². The predicted molar refractivity (Wildman–Crippen MR) is 76.6 cm³/mol. The van der Waals surface area contributed by atoms with Crippen LogP contribution < -0.4 is 4.74 Å². The van der Waals surface area contributed by atoms with E-state index in [1.165, 1.54) is 18.2 Å². The highest BCUT2D eigenvalue weighted by Crippen LogP contribution is 2.32. The zero-order valence-corrected chi connectivity index (χ0v) is 13.2. The molecule has 2 aromatic rings. The van der Waals surface area contributed by atoms with Gasteiger partial charge in [0.1, 0.15) is 13.8 Å². The first-order chi connectivity index (χ1) is 10.1. The van der Waals surface area contributed by atoms with Gasteiger partial charge < -0.3 is 9.15 Å². The molecule has 0 N–H and O–H groups in total. The number of hydrogen-bond acceptors (Lipinski definition) is 4. The van der Waals surface area contributed by atoms with Gasteiger partial charge in [-0.3, -0.25) is 0 Å². The normalized spacial score (nSPS) is 11.7. The van der Waals surface area contributed by atoms with Gasteiger partial charge in [-0.15, -0.1) is 23.8 Å². The van der Waals surface area contributed by atoms with E-state index >= 15 is 0 Å². The lowest BCUT2D eigenvalue weighted by molar-refractivity contribution is -0.274. The van der Waals surface area contributed by atoms with Gasteiger partial charge >= 0.3 is 6.36 Å². The molecule has 0 saturated heterocycles. The number of halogens is 3. The van der Waals surface area contributed by atoms with Crippen molar-refractivity contribution in [1.82, 2.24) is 10.2 Å². The highest BCUT2D eigenvalue weighted by molar-refractivity contribution is 6.83. The van der Waals surface area contributed by atoms with E-state index < -0.39 is 20.2 Å². The van der Waals surface area contributed by atoms with Crippen LogP contribution in [-0.2, 0) is 0 Å². The quantitative estimate of drug-likeness (QED) is 0.621. The molecule has 2 rings (SSSR count). The molecule has 22 heavy (non-hydrogen) atoms. The molecular weight excluding hydrogens is 313 g/mol. The van der Waals surface area contributed by atoms with Gasteiger partial charge in [0.25, 0.3) is 11.8 Å². The molecule has 8 heteroatoms. The van der Waals surface area contributed by atoms with Gasteiger partial charge in [0.15, 0.2) is 0 Å². The topological polar surface area (TPSA) is 48.2 Å². The summed E-state index contributed by atoms with van der Waals surface area (Å²) in [5.74, 6) is 2.35. The third-order valence-corrected chi connectivity index (χ3v) is 3.19. The highest BCUT2D eigenvalue weighted by Gasteiger charge is 2.32. The fraction of sp³-hybridized carbons (Fsp3) is 0.286. The second-order valence-electron chi connectivity index (χ2n) is 5.46. The Bertz CT molecular complexity index is 724. The minimum absolute atomic E-state index is 0.0633. The summed E-state index contributed by atoms with van der Waals surface area (Å²) in [5.41, 5.74) is 3.10. The molecule has 1 aromatic carbocycles. The molecule has 1 aromatic heterocycles. The Morgan fingerprint density at radius 2 is 1.82 bits per heavy atom. The summed E-state index contributed by atoms with van der Waals surface area (Å²) in [5, 5.41) is 7.46. The summed E-state index contributed by atoms with van der Waals surface area (Å²) in [7, 11) is -1.62. The molecule has 0 amide bonds. The van der Waals surface area contributed by atoms with E-state index in [0.717, 1.165) is 0 Å². The van der Waals surface area contributed by atoms with Gasteiger partial charge in [-0.1, -0.05) is 36.9 Å². The average Bonchev–Trinajstić information content (AvgIpc) is 2.83. The van der Waals surface area contributed by atoms with E-state index in [4.69, 9.17) is 4.42 Å². The van der Waals surface area contributed by atoms with Crippen molar-refractivity contribution < 1.29 is 22.3 Å². The Balaban J connectivity index is 2.33. The molecule has 0 bridgehead atoms. The Labute approximate surface area is 126 Å². The van der Waals surface area contributed by atoms with Crippen molar-refractivity contribution in [3.8, 4) is 28.7 Å². The van der Waals surface area contributed by atoms with E-state index in [1.54, 1.807) is 6.07 Å². The molecule has 0 saturated carbocycles. The Morgan fingerprint density at radius 1 is 1.14 bits per heavy atom. The van der Waals surface area contributed by atoms with Crippen LogP contribution in [0.5, 0.6) is 5.75 Å². The third kappa shape index (κ3) is 4.63. The molecule has 0 spiro atoms. The number of alkyl halides is 3. The minimum atomic E-state index is -4.80. The number of nitrogens with zero attached hydrogens (tertiary/aromatic N) is 2. The Kier molecular flexibility index (Phi) is 4.28. The molecule has 0 aliphatic carbocycles. The largest absolute Gasteiger partial charge is 0.573 e. The lowest BCUT2D eigenvalue weighted by Crippen LogP contribution is -2.17. The van der Waals surface area contributed by atoms with Gasteiger partial charge in [0.05, 0.1) is 5.56 Å². The van der Waals surface area contributed by atoms with Crippen LogP contribution >= 0.6 is 0 Å². The molecule has 0 unspecified atom stereocenters. The number of para-hydroxylation sites is 1. The van der Waals surface area contributed by atoms with Crippen LogP contribution in [0.2, 0.25) is 19.6 Å².